The fourth-order valence-electron chi connectivity index (χ4n) is 3.97. The van der Waals surface area contributed by atoms with Crippen molar-refractivity contribution in [1.82, 2.24) is 23.9 Å². The van der Waals surface area contributed by atoms with E-state index in [0.717, 1.165) is 17.1 Å². The highest BCUT2D eigenvalue weighted by molar-refractivity contribution is 6.30. The van der Waals surface area contributed by atoms with Crippen molar-refractivity contribution in [2.75, 3.05) is 0 Å². The first kappa shape index (κ1) is 23.4. The summed E-state index contributed by atoms with van der Waals surface area (Å²) in [7, 11) is 1.70. The molecule has 0 radical (unpaired) electrons. The second-order valence-corrected chi connectivity index (χ2v) is 8.53. The van der Waals surface area contributed by atoms with Crippen molar-refractivity contribution in [1.29, 1.82) is 0 Å². The topological polar surface area (TPSA) is 101 Å². The van der Waals surface area contributed by atoms with Gasteiger partial charge in [-0.15, -0.1) is 0 Å². The van der Waals surface area contributed by atoms with E-state index in [0.29, 0.717) is 21.6 Å². The van der Waals surface area contributed by atoms with E-state index >= 15 is 0 Å². The summed E-state index contributed by atoms with van der Waals surface area (Å²) in [5.41, 5.74) is 3.17. The second kappa shape index (κ2) is 9.26. The zero-order valence-electron chi connectivity index (χ0n) is 19.3. The molecular formula is C24H24ClN5O4. The van der Waals surface area contributed by atoms with E-state index in [1.54, 1.807) is 32.2 Å². The number of halogens is 1. The summed E-state index contributed by atoms with van der Waals surface area (Å²) in [6.07, 6.45) is 1.78. The molecule has 4 rings (SSSR count). The molecule has 0 aliphatic rings. The van der Waals surface area contributed by atoms with Crippen molar-refractivity contribution < 1.29 is 14.3 Å². The molecule has 0 aliphatic carbocycles. The molecule has 0 amide bonds. The molecule has 3 heterocycles. The third kappa shape index (κ3) is 4.38. The molecule has 176 valence electrons. The monoisotopic (exact) mass is 481 g/mol. The van der Waals surface area contributed by atoms with E-state index in [1.165, 1.54) is 21.8 Å². The van der Waals surface area contributed by atoms with E-state index in [2.05, 4.69) is 10.1 Å². The number of hydrogen-bond acceptors (Lipinski definition) is 6. The van der Waals surface area contributed by atoms with Crippen LogP contribution in [-0.4, -0.2) is 41.8 Å². The smallest absolute Gasteiger partial charge is 0.308 e. The highest BCUT2D eigenvalue weighted by Crippen LogP contribution is 2.23. The van der Waals surface area contributed by atoms with Gasteiger partial charge in [0.05, 0.1) is 18.9 Å². The highest BCUT2D eigenvalue weighted by Gasteiger charge is 2.24. The first-order valence-electron chi connectivity index (χ1n) is 10.7. The Morgan fingerprint density at radius 1 is 1.18 bits per heavy atom. The Morgan fingerprint density at radius 3 is 2.59 bits per heavy atom. The van der Waals surface area contributed by atoms with Crippen LogP contribution in [-0.2, 0) is 23.1 Å². The van der Waals surface area contributed by atoms with Crippen LogP contribution in [0.1, 0.15) is 35.1 Å². The Labute approximate surface area is 200 Å². The Hall–Kier alpha value is -3.72. The van der Waals surface area contributed by atoms with Gasteiger partial charge in [-0.1, -0.05) is 11.6 Å². The van der Waals surface area contributed by atoms with Crippen LogP contribution in [0.2, 0.25) is 5.02 Å². The standard InChI is InChI=1S/C24H24ClN5O4/c1-14-11-19(15(2)30(14)18-7-5-17(25)6-8-18)22(32)16(3)34-21(31)9-10-29-13-26-23-20(24(29)33)12-27-28(23)4/h5-8,11-13,16H,9-10H2,1-4H3/t16-/m1/s1. The SMILES string of the molecule is Cc1cc(C(=O)[C@@H](C)OC(=O)CCn2cnc3c(cnn3C)c2=O)c(C)n1-c1ccc(Cl)cc1. The van der Waals surface area contributed by atoms with Crippen LogP contribution in [0.25, 0.3) is 16.7 Å². The van der Waals surface area contributed by atoms with Crippen molar-refractivity contribution in [2.24, 2.45) is 7.05 Å². The molecule has 0 fully saturated rings. The molecule has 0 bridgehead atoms. The number of ether oxygens (including phenoxy) is 1. The first-order valence-corrected chi connectivity index (χ1v) is 11.1. The van der Waals surface area contributed by atoms with Crippen LogP contribution in [0, 0.1) is 13.8 Å². The molecule has 0 aliphatic heterocycles. The molecular weight excluding hydrogens is 458 g/mol. The Bertz CT molecular complexity index is 1450. The predicted molar refractivity (Wildman–Crippen MR) is 128 cm³/mol. The fraction of sp³-hybridized carbons (Fsp3) is 0.292. The zero-order chi connectivity index (χ0) is 24.6. The quantitative estimate of drug-likeness (QED) is 0.296. The number of carbonyl (C=O) groups is 2. The predicted octanol–water partition coefficient (Wildman–Crippen LogP) is 3.40. The van der Waals surface area contributed by atoms with Gasteiger partial charge in [-0.3, -0.25) is 23.6 Å². The van der Waals surface area contributed by atoms with Gasteiger partial charge in [0.25, 0.3) is 5.56 Å². The normalized spacial score (nSPS) is 12.1. The number of fused-ring (bicyclic) bond motifs is 1. The number of hydrogen-bond donors (Lipinski definition) is 0. The average molecular weight is 482 g/mol. The minimum atomic E-state index is -0.970. The summed E-state index contributed by atoms with van der Waals surface area (Å²) in [4.78, 5) is 42.2. The van der Waals surface area contributed by atoms with E-state index in [9.17, 15) is 14.4 Å². The summed E-state index contributed by atoms with van der Waals surface area (Å²) in [5, 5.41) is 5.02. The lowest BCUT2D eigenvalue weighted by Gasteiger charge is -2.14. The van der Waals surface area contributed by atoms with Crippen LogP contribution < -0.4 is 5.56 Å². The number of nitrogens with zero attached hydrogens (tertiary/aromatic N) is 5. The highest BCUT2D eigenvalue weighted by atomic mass is 35.5. The fourth-order valence-corrected chi connectivity index (χ4v) is 4.09. The van der Waals surface area contributed by atoms with Gasteiger partial charge in [-0.2, -0.15) is 5.10 Å². The number of ketones is 1. The lowest BCUT2D eigenvalue weighted by Crippen LogP contribution is -2.27. The largest absolute Gasteiger partial charge is 0.454 e. The number of rotatable bonds is 7. The lowest BCUT2D eigenvalue weighted by molar-refractivity contribution is -0.146. The van der Waals surface area contributed by atoms with Gasteiger partial charge in [0.1, 0.15) is 5.39 Å². The van der Waals surface area contributed by atoms with E-state index in [1.807, 2.05) is 30.5 Å². The molecule has 10 heteroatoms. The minimum Gasteiger partial charge on any atom is -0.454 e. The van der Waals surface area contributed by atoms with E-state index < -0.39 is 12.1 Å². The number of carbonyl (C=O) groups excluding carboxylic acids is 2. The number of esters is 1. The van der Waals surface area contributed by atoms with Crippen LogP contribution >= 0.6 is 11.6 Å². The number of aromatic nitrogens is 5. The zero-order valence-corrected chi connectivity index (χ0v) is 20.0. The van der Waals surface area contributed by atoms with Crippen molar-refractivity contribution in [3.8, 4) is 5.69 Å². The summed E-state index contributed by atoms with van der Waals surface area (Å²) in [6, 6.07) is 9.10. The maximum absolute atomic E-state index is 13.0. The van der Waals surface area contributed by atoms with Crippen molar-refractivity contribution in [3.05, 3.63) is 75.2 Å². The molecule has 1 aromatic carbocycles. The molecule has 0 N–H and O–H groups in total. The third-order valence-corrected chi connectivity index (χ3v) is 5.99. The Kier molecular flexibility index (Phi) is 6.39. The van der Waals surface area contributed by atoms with Gasteiger partial charge >= 0.3 is 5.97 Å². The molecule has 0 saturated heterocycles. The van der Waals surface area contributed by atoms with Crippen LogP contribution in [0.3, 0.4) is 0 Å². The van der Waals surface area contributed by atoms with Gasteiger partial charge in [0.2, 0.25) is 5.78 Å². The van der Waals surface area contributed by atoms with Gasteiger partial charge in [-0.05, 0) is 51.1 Å². The summed E-state index contributed by atoms with van der Waals surface area (Å²) >= 11 is 5.99. The number of aryl methyl sites for hydroxylation is 3. The maximum Gasteiger partial charge on any atom is 0.308 e. The molecule has 0 spiro atoms. The third-order valence-electron chi connectivity index (χ3n) is 5.73. The van der Waals surface area contributed by atoms with Gasteiger partial charge in [-0.25, -0.2) is 4.98 Å². The van der Waals surface area contributed by atoms with E-state index in [4.69, 9.17) is 16.3 Å². The number of Topliss-reactive ketones (excluding diaryl/α,β-unsaturated/α-hetero) is 1. The van der Waals surface area contributed by atoms with Crippen LogP contribution in [0.5, 0.6) is 0 Å². The number of benzene rings is 1. The second-order valence-electron chi connectivity index (χ2n) is 8.09. The summed E-state index contributed by atoms with van der Waals surface area (Å²) in [6.45, 7) is 5.38. The van der Waals surface area contributed by atoms with Crippen molar-refractivity contribution in [3.63, 3.8) is 0 Å². The first-order chi connectivity index (χ1) is 16.2. The molecule has 34 heavy (non-hydrogen) atoms. The van der Waals surface area contributed by atoms with Crippen molar-refractivity contribution in [2.45, 2.75) is 39.8 Å². The van der Waals surface area contributed by atoms with Crippen molar-refractivity contribution >= 4 is 34.4 Å². The molecule has 0 unspecified atom stereocenters. The maximum atomic E-state index is 13.0. The van der Waals surface area contributed by atoms with Crippen LogP contribution in [0.15, 0.2) is 47.7 Å². The summed E-state index contributed by atoms with van der Waals surface area (Å²) < 4.78 is 10.2. The molecule has 1 atom stereocenters. The Balaban J connectivity index is 1.43. The molecule has 0 saturated carbocycles. The molecule has 4 aromatic rings. The van der Waals surface area contributed by atoms with Gasteiger partial charge in [0, 0.05) is 41.3 Å². The van der Waals surface area contributed by atoms with Gasteiger partial charge < -0.3 is 9.30 Å². The molecule has 3 aromatic heterocycles. The van der Waals surface area contributed by atoms with Gasteiger partial charge in [0.15, 0.2) is 11.8 Å². The summed E-state index contributed by atoms with van der Waals surface area (Å²) in [5.74, 6) is -0.872. The average Bonchev–Trinajstić information content (AvgIpc) is 3.33. The minimum absolute atomic E-state index is 0.0746. The Morgan fingerprint density at radius 2 is 1.88 bits per heavy atom. The lowest BCUT2D eigenvalue weighted by atomic mass is 10.1. The van der Waals surface area contributed by atoms with Crippen LogP contribution in [0.4, 0.5) is 0 Å². The molecule has 9 nitrogen and oxygen atoms in total. The van der Waals surface area contributed by atoms with E-state index in [-0.39, 0.29) is 24.3 Å².